The van der Waals surface area contributed by atoms with Gasteiger partial charge in [-0.3, -0.25) is 0 Å². The highest BCUT2D eigenvalue weighted by molar-refractivity contribution is 9.10. The summed E-state index contributed by atoms with van der Waals surface area (Å²) in [6.45, 7) is 4.68. The zero-order valence-electron chi connectivity index (χ0n) is 12.1. The first-order valence-corrected chi connectivity index (χ1v) is 7.99. The zero-order chi connectivity index (χ0) is 13.8. The average Bonchev–Trinajstić information content (AvgIpc) is 2.38. The van der Waals surface area contributed by atoms with E-state index in [2.05, 4.69) is 47.2 Å². The summed E-state index contributed by atoms with van der Waals surface area (Å²) in [5.41, 5.74) is 1.15. The third kappa shape index (κ3) is 4.13. The van der Waals surface area contributed by atoms with Gasteiger partial charge in [0.2, 0.25) is 0 Å². The van der Waals surface area contributed by atoms with Crippen molar-refractivity contribution < 1.29 is 4.74 Å². The van der Waals surface area contributed by atoms with E-state index in [0.29, 0.717) is 6.04 Å². The Morgan fingerprint density at radius 1 is 1.26 bits per heavy atom. The molecular formula is C16H24BrNO. The van der Waals surface area contributed by atoms with Crippen LogP contribution >= 0.6 is 15.9 Å². The Labute approximate surface area is 125 Å². The quantitative estimate of drug-likeness (QED) is 0.833. The van der Waals surface area contributed by atoms with E-state index < -0.39 is 0 Å². The molecule has 1 N–H and O–H groups in total. The number of benzene rings is 1. The molecule has 2 rings (SSSR count). The average molecular weight is 326 g/mol. The fourth-order valence-electron chi connectivity index (χ4n) is 2.96. The molecule has 1 saturated carbocycles. The number of ether oxygens (including phenoxy) is 1. The van der Waals surface area contributed by atoms with Gasteiger partial charge in [0, 0.05) is 22.3 Å². The zero-order valence-corrected chi connectivity index (χ0v) is 13.7. The first-order chi connectivity index (χ1) is 9.08. The summed E-state index contributed by atoms with van der Waals surface area (Å²) in [5, 5.41) is 3.67. The van der Waals surface area contributed by atoms with Crippen molar-refractivity contribution >= 4 is 21.6 Å². The monoisotopic (exact) mass is 325 g/mol. The maximum absolute atomic E-state index is 5.31. The lowest BCUT2D eigenvalue weighted by Gasteiger charge is -2.32. The Morgan fingerprint density at radius 3 is 2.74 bits per heavy atom. The van der Waals surface area contributed by atoms with E-state index >= 15 is 0 Å². The Balaban J connectivity index is 2.02. The minimum Gasteiger partial charge on any atom is -0.497 e. The minimum atomic E-state index is 0.597. The van der Waals surface area contributed by atoms with E-state index in [0.717, 1.165) is 27.7 Å². The van der Waals surface area contributed by atoms with Crippen LogP contribution in [0.2, 0.25) is 0 Å². The summed E-state index contributed by atoms with van der Waals surface area (Å²) >= 11 is 3.53. The van der Waals surface area contributed by atoms with Crippen molar-refractivity contribution in [3.63, 3.8) is 0 Å². The second-order valence-corrected chi connectivity index (χ2v) is 6.81. The van der Waals surface area contributed by atoms with Gasteiger partial charge in [-0.15, -0.1) is 0 Å². The Bertz CT molecular complexity index is 419. The second kappa shape index (κ2) is 6.65. The standard InChI is InChI=1S/C16H24BrNO/c1-11(2)12-5-4-6-14(7-12)18-15-8-13(17)9-16(10-15)19-3/h8-12,14,18H,4-7H2,1-3H3. The SMILES string of the molecule is COc1cc(Br)cc(NC2CCCC(C(C)C)C2)c1. The summed E-state index contributed by atoms with van der Waals surface area (Å²) in [4.78, 5) is 0. The maximum Gasteiger partial charge on any atom is 0.122 e. The number of methoxy groups -OCH3 is 1. The normalized spacial score (nSPS) is 23.4. The number of nitrogens with one attached hydrogen (secondary N) is 1. The summed E-state index contributed by atoms with van der Waals surface area (Å²) < 4.78 is 6.37. The fraction of sp³-hybridized carbons (Fsp3) is 0.625. The molecule has 0 aliphatic heterocycles. The van der Waals surface area contributed by atoms with Crippen molar-refractivity contribution in [2.24, 2.45) is 11.8 Å². The van der Waals surface area contributed by atoms with Crippen molar-refractivity contribution in [2.45, 2.75) is 45.6 Å². The molecule has 0 bridgehead atoms. The summed E-state index contributed by atoms with van der Waals surface area (Å²) in [6.07, 6.45) is 5.29. The van der Waals surface area contributed by atoms with Crippen LogP contribution in [0.3, 0.4) is 0 Å². The third-order valence-corrected chi connectivity index (χ3v) is 4.59. The van der Waals surface area contributed by atoms with E-state index in [1.54, 1.807) is 7.11 Å². The molecule has 3 heteroatoms. The largest absolute Gasteiger partial charge is 0.497 e. The molecule has 19 heavy (non-hydrogen) atoms. The van der Waals surface area contributed by atoms with Gasteiger partial charge in [0.05, 0.1) is 7.11 Å². The molecule has 1 aliphatic rings. The maximum atomic E-state index is 5.31. The van der Waals surface area contributed by atoms with E-state index in [1.165, 1.54) is 25.7 Å². The summed E-state index contributed by atoms with van der Waals surface area (Å²) in [5.74, 6) is 2.55. The Kier molecular flexibility index (Phi) is 5.14. The smallest absolute Gasteiger partial charge is 0.122 e. The minimum absolute atomic E-state index is 0.597. The van der Waals surface area contributed by atoms with E-state index in [9.17, 15) is 0 Å². The van der Waals surface area contributed by atoms with E-state index in [1.807, 2.05) is 6.07 Å². The Morgan fingerprint density at radius 2 is 2.05 bits per heavy atom. The van der Waals surface area contributed by atoms with Gasteiger partial charge in [-0.2, -0.15) is 0 Å². The van der Waals surface area contributed by atoms with Gasteiger partial charge in [-0.25, -0.2) is 0 Å². The number of hydrogen-bond acceptors (Lipinski definition) is 2. The molecule has 1 aromatic rings. The van der Waals surface area contributed by atoms with Crippen molar-refractivity contribution in [1.29, 1.82) is 0 Å². The molecule has 1 aliphatic carbocycles. The van der Waals surface area contributed by atoms with E-state index in [-0.39, 0.29) is 0 Å². The molecule has 0 heterocycles. The van der Waals surface area contributed by atoms with Crippen LogP contribution in [0.1, 0.15) is 39.5 Å². The van der Waals surface area contributed by atoms with Crippen LogP contribution < -0.4 is 10.1 Å². The van der Waals surface area contributed by atoms with Gasteiger partial charge < -0.3 is 10.1 Å². The fourth-order valence-corrected chi connectivity index (χ4v) is 3.44. The topological polar surface area (TPSA) is 21.3 Å². The number of halogens is 1. The summed E-state index contributed by atoms with van der Waals surface area (Å²) in [7, 11) is 1.71. The molecule has 0 radical (unpaired) electrons. The molecule has 0 saturated heterocycles. The second-order valence-electron chi connectivity index (χ2n) is 5.89. The predicted octanol–water partition coefficient (Wildman–Crippen LogP) is 5.08. The molecule has 2 nitrogen and oxygen atoms in total. The third-order valence-electron chi connectivity index (χ3n) is 4.14. The molecule has 0 amide bonds. The van der Waals surface area contributed by atoms with Crippen LogP contribution in [-0.4, -0.2) is 13.2 Å². The molecule has 1 fully saturated rings. The highest BCUT2D eigenvalue weighted by Gasteiger charge is 2.24. The molecule has 0 spiro atoms. The van der Waals surface area contributed by atoms with Gasteiger partial charge in [0.25, 0.3) is 0 Å². The van der Waals surface area contributed by atoms with Crippen LogP contribution in [0.4, 0.5) is 5.69 Å². The molecule has 106 valence electrons. The Hall–Kier alpha value is -0.700. The number of hydrogen-bond donors (Lipinski definition) is 1. The van der Waals surface area contributed by atoms with Crippen LogP contribution in [0.15, 0.2) is 22.7 Å². The molecule has 2 unspecified atom stereocenters. The molecule has 0 aromatic heterocycles. The van der Waals surface area contributed by atoms with Crippen molar-refractivity contribution in [2.75, 3.05) is 12.4 Å². The van der Waals surface area contributed by atoms with Crippen LogP contribution in [0.25, 0.3) is 0 Å². The summed E-state index contributed by atoms with van der Waals surface area (Å²) in [6, 6.07) is 6.79. The van der Waals surface area contributed by atoms with Gasteiger partial charge in [0.15, 0.2) is 0 Å². The number of anilines is 1. The lowest BCUT2D eigenvalue weighted by Crippen LogP contribution is -2.29. The molecular weight excluding hydrogens is 302 g/mol. The van der Waals surface area contributed by atoms with Crippen LogP contribution in [0, 0.1) is 11.8 Å². The van der Waals surface area contributed by atoms with Gasteiger partial charge in [0.1, 0.15) is 5.75 Å². The van der Waals surface area contributed by atoms with Gasteiger partial charge in [-0.1, -0.05) is 42.6 Å². The highest BCUT2D eigenvalue weighted by Crippen LogP contribution is 2.32. The predicted molar refractivity (Wildman–Crippen MR) is 84.9 cm³/mol. The highest BCUT2D eigenvalue weighted by atomic mass is 79.9. The van der Waals surface area contributed by atoms with E-state index in [4.69, 9.17) is 4.74 Å². The van der Waals surface area contributed by atoms with Crippen molar-refractivity contribution in [3.8, 4) is 5.75 Å². The molecule has 2 atom stereocenters. The number of rotatable bonds is 4. The molecule has 1 aromatic carbocycles. The first kappa shape index (κ1) is 14.7. The van der Waals surface area contributed by atoms with Crippen LogP contribution in [-0.2, 0) is 0 Å². The van der Waals surface area contributed by atoms with Crippen LogP contribution in [0.5, 0.6) is 5.75 Å². The van der Waals surface area contributed by atoms with Crippen molar-refractivity contribution in [3.05, 3.63) is 22.7 Å². The lowest BCUT2D eigenvalue weighted by atomic mass is 9.79. The van der Waals surface area contributed by atoms with Crippen molar-refractivity contribution in [1.82, 2.24) is 0 Å². The van der Waals surface area contributed by atoms with Gasteiger partial charge in [-0.05, 0) is 36.8 Å². The van der Waals surface area contributed by atoms with Gasteiger partial charge >= 0.3 is 0 Å². The first-order valence-electron chi connectivity index (χ1n) is 7.19. The lowest BCUT2D eigenvalue weighted by molar-refractivity contribution is 0.264.